The molecule has 0 saturated carbocycles. The number of alkyl halides is 2. The lowest BCUT2D eigenvalue weighted by Gasteiger charge is -2.20. The molecule has 0 aliphatic carbocycles. The first kappa shape index (κ1) is 35.5. The largest absolute Gasteiger partial charge is 0.479 e. The number of carboxylic acids is 1. The summed E-state index contributed by atoms with van der Waals surface area (Å²) in [6.45, 7) is 0.836. The summed E-state index contributed by atoms with van der Waals surface area (Å²) >= 11 is 0. The molecule has 0 aliphatic rings. The highest BCUT2D eigenvalue weighted by Gasteiger charge is 2.35. The zero-order valence-electron chi connectivity index (χ0n) is 26.6. The molecule has 0 amide bonds. The number of benzene rings is 5. The zero-order chi connectivity index (χ0) is 37.7. The van der Waals surface area contributed by atoms with Crippen LogP contribution < -0.4 is 0 Å². The summed E-state index contributed by atoms with van der Waals surface area (Å²) in [5, 5.41) is 39.8. The van der Waals surface area contributed by atoms with Crippen molar-refractivity contribution in [2.75, 3.05) is 0 Å². The van der Waals surface area contributed by atoms with E-state index in [1.807, 2.05) is 12.1 Å². The molecule has 1 unspecified atom stereocenters. The quantitative estimate of drug-likeness (QED) is 0.150. The Morgan fingerprint density at radius 1 is 0.788 bits per heavy atom. The lowest BCUT2D eigenvalue weighted by Crippen LogP contribution is -2.32. The van der Waals surface area contributed by atoms with Gasteiger partial charge in [0.25, 0.3) is 16.4 Å². The first-order chi connectivity index (χ1) is 24.6. The van der Waals surface area contributed by atoms with Crippen LogP contribution in [-0.4, -0.2) is 28.6 Å². The van der Waals surface area contributed by atoms with Gasteiger partial charge in [-0.3, -0.25) is 0 Å². The smallest absolute Gasteiger partial charge is 0.340 e. The SMILES string of the molecule is CC(O)(C(=O)O)c1cc(F)c(-c2cccc(-c3c(-c4c(C#N)cccc4C#N)c4cc(F)ccc4n3S(=O)(=O)c3ccc(C(F)F)cc3)c2)c(F)c1. The maximum atomic E-state index is 15.6. The molecule has 0 aliphatic heterocycles. The van der Waals surface area contributed by atoms with Crippen LogP contribution in [0.5, 0.6) is 0 Å². The second kappa shape index (κ2) is 13.1. The molecule has 1 aromatic heterocycles. The van der Waals surface area contributed by atoms with Gasteiger partial charge in [0, 0.05) is 33.2 Å². The molecule has 2 N–H and O–H groups in total. The summed E-state index contributed by atoms with van der Waals surface area (Å²) in [7, 11) is -4.80. The van der Waals surface area contributed by atoms with Gasteiger partial charge in [-0.05, 0) is 73.2 Å². The number of aromatic nitrogens is 1. The number of aliphatic carboxylic acids is 1. The van der Waals surface area contributed by atoms with Gasteiger partial charge in [0.2, 0.25) is 0 Å². The van der Waals surface area contributed by atoms with Crippen LogP contribution in [0.25, 0.3) is 44.4 Å². The van der Waals surface area contributed by atoms with E-state index in [0.717, 1.165) is 53.4 Å². The second-order valence-electron chi connectivity index (χ2n) is 11.7. The molecule has 14 heteroatoms. The van der Waals surface area contributed by atoms with Crippen molar-refractivity contribution < 1.29 is 45.4 Å². The van der Waals surface area contributed by atoms with Crippen LogP contribution in [0.1, 0.15) is 35.6 Å². The lowest BCUT2D eigenvalue weighted by molar-refractivity contribution is -0.157. The van der Waals surface area contributed by atoms with Crippen LogP contribution in [0.15, 0.2) is 102 Å². The minimum Gasteiger partial charge on any atom is -0.479 e. The minimum absolute atomic E-state index is 0.0612. The van der Waals surface area contributed by atoms with Gasteiger partial charge < -0.3 is 10.2 Å². The predicted molar refractivity (Wildman–Crippen MR) is 179 cm³/mol. The summed E-state index contributed by atoms with van der Waals surface area (Å²) in [6.07, 6.45) is -2.91. The van der Waals surface area contributed by atoms with E-state index in [9.17, 15) is 42.7 Å². The Morgan fingerprint density at radius 2 is 1.37 bits per heavy atom. The summed E-state index contributed by atoms with van der Waals surface area (Å²) in [6, 6.07) is 21.3. The minimum atomic E-state index is -4.80. The molecule has 0 radical (unpaired) electrons. The molecular weight excluding hydrogens is 705 g/mol. The molecule has 0 fully saturated rings. The van der Waals surface area contributed by atoms with Gasteiger partial charge in [-0.25, -0.2) is 39.1 Å². The molecule has 1 atom stereocenters. The predicted octanol–water partition coefficient (Wildman–Crippen LogP) is 8.27. The van der Waals surface area contributed by atoms with Crippen LogP contribution in [-0.2, 0) is 20.4 Å². The number of aliphatic hydroxyl groups is 1. The molecule has 8 nitrogen and oxygen atoms in total. The van der Waals surface area contributed by atoms with E-state index in [4.69, 9.17) is 0 Å². The fraction of sp³-hybridized carbons (Fsp3) is 0.0789. The molecule has 6 aromatic rings. The van der Waals surface area contributed by atoms with Crippen molar-refractivity contribution in [1.29, 1.82) is 10.5 Å². The number of hydrogen-bond acceptors (Lipinski definition) is 6. The molecule has 260 valence electrons. The van der Waals surface area contributed by atoms with Crippen molar-refractivity contribution in [1.82, 2.24) is 3.97 Å². The number of hydrogen-bond donors (Lipinski definition) is 2. The third-order valence-electron chi connectivity index (χ3n) is 8.56. The van der Waals surface area contributed by atoms with E-state index >= 15 is 13.2 Å². The summed E-state index contributed by atoms with van der Waals surface area (Å²) in [5.74, 6) is -5.13. The van der Waals surface area contributed by atoms with E-state index in [-0.39, 0.29) is 50.0 Å². The number of nitrogens with zero attached hydrogens (tertiary/aromatic N) is 3. The highest BCUT2D eigenvalue weighted by atomic mass is 32.2. The van der Waals surface area contributed by atoms with Crippen molar-refractivity contribution in [2.24, 2.45) is 0 Å². The number of rotatable bonds is 8. The highest BCUT2D eigenvalue weighted by Crippen LogP contribution is 2.46. The molecule has 52 heavy (non-hydrogen) atoms. The second-order valence-corrected chi connectivity index (χ2v) is 13.5. The van der Waals surface area contributed by atoms with E-state index in [0.29, 0.717) is 12.1 Å². The normalized spacial score (nSPS) is 12.7. The number of carboxylic acid groups (broad SMARTS) is 1. The van der Waals surface area contributed by atoms with E-state index in [1.165, 1.54) is 42.5 Å². The number of halogens is 5. The zero-order valence-corrected chi connectivity index (χ0v) is 27.4. The Labute approximate surface area is 292 Å². The Morgan fingerprint density at radius 3 is 1.92 bits per heavy atom. The average Bonchev–Trinajstić information content (AvgIpc) is 3.45. The molecule has 0 saturated heterocycles. The Bertz CT molecular complexity index is 2590. The molecule has 1 heterocycles. The van der Waals surface area contributed by atoms with Crippen LogP contribution in [0.4, 0.5) is 22.0 Å². The van der Waals surface area contributed by atoms with Crippen molar-refractivity contribution >= 4 is 26.9 Å². The molecule has 0 bridgehead atoms. The fourth-order valence-corrected chi connectivity index (χ4v) is 7.52. The monoisotopic (exact) mass is 727 g/mol. The first-order valence-electron chi connectivity index (χ1n) is 15.1. The number of nitriles is 2. The van der Waals surface area contributed by atoms with Crippen molar-refractivity contribution in [3.05, 3.63) is 137 Å². The fourth-order valence-electron chi connectivity index (χ4n) is 5.97. The van der Waals surface area contributed by atoms with Gasteiger partial charge >= 0.3 is 5.97 Å². The van der Waals surface area contributed by atoms with Crippen LogP contribution in [0, 0.1) is 40.1 Å². The summed E-state index contributed by atoms with van der Waals surface area (Å²) in [5.41, 5.74) is -5.45. The van der Waals surface area contributed by atoms with Crippen molar-refractivity contribution in [3.8, 4) is 45.6 Å². The lowest BCUT2D eigenvalue weighted by atomic mass is 9.90. The summed E-state index contributed by atoms with van der Waals surface area (Å²) in [4.78, 5) is 11.1. The van der Waals surface area contributed by atoms with Crippen LogP contribution in [0.2, 0.25) is 0 Å². The molecule has 0 spiro atoms. The van der Waals surface area contributed by atoms with Crippen LogP contribution in [0.3, 0.4) is 0 Å². The molecule has 6 rings (SSSR count). The standard InChI is InChI=1S/C38H22F5N3O5S/c1-38(49,37(47)48)25-15-29(40)33(30(41)16-25)21-4-2-5-22(14-21)35-34(32-23(18-44)6-3-7-24(32)19-45)28-17-26(39)10-13-31(28)46(35)52(50,51)27-11-8-20(9-12-27)36(42)43/h2-17,36,49H,1H3,(H,47,48). The van der Waals surface area contributed by atoms with E-state index in [2.05, 4.69) is 0 Å². The van der Waals surface area contributed by atoms with Crippen molar-refractivity contribution in [3.63, 3.8) is 0 Å². The Balaban J connectivity index is 1.74. The topological polar surface area (TPSA) is 144 Å². The van der Waals surface area contributed by atoms with E-state index in [1.54, 1.807) is 0 Å². The third-order valence-corrected chi connectivity index (χ3v) is 10.3. The first-order valence-corrected chi connectivity index (χ1v) is 16.5. The van der Waals surface area contributed by atoms with Gasteiger partial charge in [-0.1, -0.05) is 36.4 Å². The number of carbonyl (C=O) groups is 1. The third kappa shape index (κ3) is 5.84. The van der Waals surface area contributed by atoms with Gasteiger partial charge in [0.1, 0.15) is 17.5 Å². The van der Waals surface area contributed by atoms with Gasteiger partial charge in [0.05, 0.1) is 44.9 Å². The molecule has 5 aromatic carbocycles. The maximum absolute atomic E-state index is 15.6. The highest BCUT2D eigenvalue weighted by molar-refractivity contribution is 7.90. The van der Waals surface area contributed by atoms with Crippen LogP contribution >= 0.6 is 0 Å². The van der Waals surface area contributed by atoms with Gasteiger partial charge in [-0.15, -0.1) is 0 Å². The summed E-state index contributed by atoms with van der Waals surface area (Å²) < 4.78 is 103. The van der Waals surface area contributed by atoms with Gasteiger partial charge in [-0.2, -0.15) is 10.5 Å². The van der Waals surface area contributed by atoms with E-state index < -0.39 is 67.1 Å². The maximum Gasteiger partial charge on any atom is 0.340 e. The Hall–Kier alpha value is -6.35. The Kier molecular flexibility index (Phi) is 8.92. The number of fused-ring (bicyclic) bond motifs is 1. The van der Waals surface area contributed by atoms with Crippen molar-refractivity contribution in [2.45, 2.75) is 23.8 Å². The average molecular weight is 728 g/mol. The van der Waals surface area contributed by atoms with Gasteiger partial charge in [0.15, 0.2) is 5.60 Å². The molecular formula is C38H22F5N3O5S.